The van der Waals surface area contributed by atoms with Crippen molar-refractivity contribution in [1.82, 2.24) is 10.3 Å². The zero-order valence-corrected chi connectivity index (χ0v) is 10.3. The van der Waals surface area contributed by atoms with E-state index in [0.717, 1.165) is 12.8 Å². The Morgan fingerprint density at radius 2 is 2.05 bits per heavy atom. The second-order valence-corrected chi connectivity index (χ2v) is 4.71. The lowest BCUT2D eigenvalue weighted by atomic mass is 10.1. The van der Waals surface area contributed by atoms with E-state index in [9.17, 15) is 9.59 Å². The number of aromatic nitrogens is 1. The molecular weight excluding hydrogens is 240 g/mol. The van der Waals surface area contributed by atoms with Gasteiger partial charge in [0.2, 0.25) is 5.56 Å². The van der Waals surface area contributed by atoms with Crippen LogP contribution in [-0.2, 0) is 6.42 Å². The number of carbonyl (C=O) groups is 1. The predicted octanol–water partition coefficient (Wildman–Crippen LogP) is 1.79. The Morgan fingerprint density at radius 3 is 2.84 bits per heavy atom. The average Bonchev–Trinajstić information content (AvgIpc) is 2.83. The SMILES string of the molecule is O=C(NC1CCc2ccccc21)c1ccc(=O)[nH]c1. The van der Waals surface area contributed by atoms with Crippen molar-refractivity contribution >= 4 is 5.91 Å². The van der Waals surface area contributed by atoms with Gasteiger partial charge in [0.05, 0.1) is 11.6 Å². The lowest BCUT2D eigenvalue weighted by Crippen LogP contribution is -2.27. The molecule has 0 saturated heterocycles. The molecule has 4 nitrogen and oxygen atoms in total. The van der Waals surface area contributed by atoms with Gasteiger partial charge in [-0.1, -0.05) is 24.3 Å². The van der Waals surface area contributed by atoms with Crippen molar-refractivity contribution in [3.8, 4) is 0 Å². The number of H-pyrrole nitrogens is 1. The van der Waals surface area contributed by atoms with Gasteiger partial charge in [0, 0.05) is 12.3 Å². The number of fused-ring (bicyclic) bond motifs is 1. The van der Waals surface area contributed by atoms with Crippen LogP contribution in [-0.4, -0.2) is 10.9 Å². The standard InChI is InChI=1S/C15H14N2O2/c18-14-8-6-11(9-16-14)15(19)17-13-7-5-10-3-1-2-4-12(10)13/h1-4,6,8-9,13H,5,7H2,(H,16,18)(H,17,19). The summed E-state index contributed by atoms with van der Waals surface area (Å²) in [5.41, 5.74) is 2.77. The summed E-state index contributed by atoms with van der Waals surface area (Å²) in [6, 6.07) is 11.1. The molecule has 3 rings (SSSR count). The van der Waals surface area contributed by atoms with Crippen LogP contribution >= 0.6 is 0 Å². The number of aryl methyl sites for hydroxylation is 1. The number of hydrogen-bond donors (Lipinski definition) is 2. The maximum absolute atomic E-state index is 12.1. The Kier molecular flexibility index (Phi) is 2.91. The summed E-state index contributed by atoms with van der Waals surface area (Å²) < 4.78 is 0. The third kappa shape index (κ3) is 2.29. The molecule has 96 valence electrons. The molecule has 1 aromatic heterocycles. The van der Waals surface area contributed by atoms with Crippen molar-refractivity contribution < 1.29 is 4.79 Å². The van der Waals surface area contributed by atoms with Crippen LogP contribution in [0.5, 0.6) is 0 Å². The minimum atomic E-state index is -0.206. The highest BCUT2D eigenvalue weighted by molar-refractivity contribution is 5.94. The fourth-order valence-electron chi connectivity index (χ4n) is 2.50. The Labute approximate surface area is 110 Å². The number of benzene rings is 1. The van der Waals surface area contributed by atoms with E-state index in [0.29, 0.717) is 5.56 Å². The van der Waals surface area contributed by atoms with E-state index in [-0.39, 0.29) is 17.5 Å². The number of carbonyl (C=O) groups excluding carboxylic acids is 1. The fourth-order valence-corrected chi connectivity index (χ4v) is 2.50. The quantitative estimate of drug-likeness (QED) is 0.858. The molecule has 19 heavy (non-hydrogen) atoms. The van der Waals surface area contributed by atoms with Gasteiger partial charge in [0.25, 0.3) is 5.91 Å². The number of aromatic amines is 1. The maximum atomic E-state index is 12.1. The molecule has 2 aromatic rings. The van der Waals surface area contributed by atoms with E-state index in [1.807, 2.05) is 12.1 Å². The van der Waals surface area contributed by atoms with Gasteiger partial charge in [-0.15, -0.1) is 0 Å². The molecular formula is C15H14N2O2. The lowest BCUT2D eigenvalue weighted by Gasteiger charge is -2.13. The van der Waals surface area contributed by atoms with Crippen molar-refractivity contribution in [2.75, 3.05) is 0 Å². The van der Waals surface area contributed by atoms with Gasteiger partial charge >= 0.3 is 0 Å². The molecule has 1 aliphatic rings. The molecule has 1 unspecified atom stereocenters. The Balaban J connectivity index is 1.78. The topological polar surface area (TPSA) is 62.0 Å². The van der Waals surface area contributed by atoms with Crippen molar-refractivity contribution in [1.29, 1.82) is 0 Å². The van der Waals surface area contributed by atoms with Gasteiger partial charge in [0.1, 0.15) is 0 Å². The summed E-state index contributed by atoms with van der Waals surface area (Å²) in [5.74, 6) is -0.155. The van der Waals surface area contributed by atoms with E-state index in [4.69, 9.17) is 0 Å². The van der Waals surface area contributed by atoms with E-state index >= 15 is 0 Å². The molecule has 1 atom stereocenters. The first-order valence-corrected chi connectivity index (χ1v) is 6.31. The van der Waals surface area contributed by atoms with Crippen LogP contribution < -0.4 is 10.9 Å². The summed E-state index contributed by atoms with van der Waals surface area (Å²) in [6.45, 7) is 0. The van der Waals surface area contributed by atoms with Crippen LogP contribution in [0.3, 0.4) is 0 Å². The molecule has 0 aliphatic heterocycles. The molecule has 1 heterocycles. The zero-order chi connectivity index (χ0) is 13.2. The first kappa shape index (κ1) is 11.7. The van der Waals surface area contributed by atoms with Gasteiger partial charge in [-0.2, -0.15) is 0 Å². The molecule has 0 spiro atoms. The molecule has 0 radical (unpaired) electrons. The third-order valence-corrected chi connectivity index (χ3v) is 3.48. The summed E-state index contributed by atoms with van der Waals surface area (Å²) in [5, 5.41) is 3.01. The minimum Gasteiger partial charge on any atom is -0.345 e. The van der Waals surface area contributed by atoms with Crippen LogP contribution in [0.15, 0.2) is 47.4 Å². The first-order chi connectivity index (χ1) is 9.24. The lowest BCUT2D eigenvalue weighted by molar-refractivity contribution is 0.0936. The van der Waals surface area contributed by atoms with Gasteiger partial charge in [-0.3, -0.25) is 9.59 Å². The maximum Gasteiger partial charge on any atom is 0.253 e. The smallest absolute Gasteiger partial charge is 0.253 e. The fraction of sp³-hybridized carbons (Fsp3) is 0.200. The van der Waals surface area contributed by atoms with Crippen LogP contribution in [0, 0.1) is 0 Å². The molecule has 0 bridgehead atoms. The monoisotopic (exact) mass is 254 g/mol. The molecule has 1 amide bonds. The van der Waals surface area contributed by atoms with Crippen molar-refractivity contribution in [3.05, 3.63) is 69.6 Å². The number of rotatable bonds is 2. The first-order valence-electron chi connectivity index (χ1n) is 6.31. The third-order valence-electron chi connectivity index (χ3n) is 3.48. The molecule has 2 N–H and O–H groups in total. The second kappa shape index (κ2) is 4.72. The molecule has 1 aliphatic carbocycles. The Bertz CT molecular complexity index is 655. The van der Waals surface area contributed by atoms with Crippen molar-refractivity contribution in [2.24, 2.45) is 0 Å². The highest BCUT2D eigenvalue weighted by atomic mass is 16.2. The van der Waals surface area contributed by atoms with E-state index in [2.05, 4.69) is 22.4 Å². The van der Waals surface area contributed by atoms with E-state index in [1.54, 1.807) is 0 Å². The van der Waals surface area contributed by atoms with E-state index < -0.39 is 0 Å². The van der Waals surface area contributed by atoms with Gasteiger partial charge in [0.15, 0.2) is 0 Å². The number of hydrogen-bond acceptors (Lipinski definition) is 2. The molecule has 0 fully saturated rings. The summed E-state index contributed by atoms with van der Waals surface area (Å²) in [7, 11) is 0. The largest absolute Gasteiger partial charge is 0.345 e. The summed E-state index contributed by atoms with van der Waals surface area (Å²) in [6.07, 6.45) is 3.36. The number of nitrogens with one attached hydrogen (secondary N) is 2. The Hall–Kier alpha value is -2.36. The second-order valence-electron chi connectivity index (χ2n) is 4.71. The minimum absolute atomic E-state index is 0.0654. The van der Waals surface area contributed by atoms with Crippen LogP contribution in [0.1, 0.15) is 33.9 Å². The highest BCUT2D eigenvalue weighted by Gasteiger charge is 2.23. The number of pyridine rings is 1. The van der Waals surface area contributed by atoms with Crippen LogP contribution in [0.2, 0.25) is 0 Å². The van der Waals surface area contributed by atoms with Crippen molar-refractivity contribution in [2.45, 2.75) is 18.9 Å². The van der Waals surface area contributed by atoms with Crippen LogP contribution in [0.4, 0.5) is 0 Å². The summed E-state index contributed by atoms with van der Waals surface area (Å²) >= 11 is 0. The average molecular weight is 254 g/mol. The normalized spacial score (nSPS) is 16.9. The number of amides is 1. The molecule has 0 saturated carbocycles. The van der Waals surface area contributed by atoms with E-state index in [1.165, 1.54) is 29.5 Å². The van der Waals surface area contributed by atoms with Crippen molar-refractivity contribution in [3.63, 3.8) is 0 Å². The Morgan fingerprint density at radius 1 is 1.21 bits per heavy atom. The zero-order valence-electron chi connectivity index (χ0n) is 10.3. The summed E-state index contributed by atoms with van der Waals surface area (Å²) in [4.78, 5) is 25.6. The highest BCUT2D eigenvalue weighted by Crippen LogP contribution is 2.30. The van der Waals surface area contributed by atoms with Crippen LogP contribution in [0.25, 0.3) is 0 Å². The van der Waals surface area contributed by atoms with Gasteiger partial charge in [-0.25, -0.2) is 0 Å². The van der Waals surface area contributed by atoms with Gasteiger partial charge < -0.3 is 10.3 Å². The van der Waals surface area contributed by atoms with Gasteiger partial charge in [-0.05, 0) is 30.0 Å². The molecule has 1 aromatic carbocycles. The molecule has 4 heteroatoms. The predicted molar refractivity (Wildman–Crippen MR) is 72.0 cm³/mol.